The molecule has 2 atom stereocenters. The molecular formula is C39H76O2. The molecule has 0 aromatic heterocycles. The van der Waals surface area contributed by atoms with Crippen molar-refractivity contribution >= 4 is 12.6 Å². The van der Waals surface area contributed by atoms with Crippen molar-refractivity contribution in [1.82, 2.24) is 0 Å². The lowest BCUT2D eigenvalue weighted by Crippen LogP contribution is -2.22. The summed E-state index contributed by atoms with van der Waals surface area (Å²) in [7, 11) is 0. The summed E-state index contributed by atoms with van der Waals surface area (Å²) in [6, 6.07) is 0. The average Bonchev–Trinajstić information content (AvgIpc) is 2.96. The van der Waals surface area contributed by atoms with Crippen LogP contribution in [0.5, 0.6) is 0 Å². The monoisotopic (exact) mass is 577 g/mol. The molecule has 244 valence electrons. The predicted octanol–water partition coefficient (Wildman–Crippen LogP) is 13.4. The van der Waals surface area contributed by atoms with Crippen LogP contribution in [-0.2, 0) is 9.59 Å². The van der Waals surface area contributed by atoms with Gasteiger partial charge in [0.15, 0.2) is 0 Å². The normalized spacial score (nSPS) is 13.4. The molecule has 0 spiro atoms. The number of hydrogen-bond acceptors (Lipinski definition) is 2. The molecule has 0 aliphatic rings. The van der Waals surface area contributed by atoms with E-state index in [1.165, 1.54) is 180 Å². The lowest BCUT2D eigenvalue weighted by Gasteiger charge is -2.30. The Bertz CT molecular complexity index is 494. The Balaban J connectivity index is 3.81. The molecule has 0 bridgehead atoms. The number of carbonyl (C=O) groups excluding carboxylic acids is 2. The Hall–Kier alpha value is -0.660. The van der Waals surface area contributed by atoms with Crippen LogP contribution in [0.4, 0.5) is 0 Å². The minimum atomic E-state index is 0.0598. The number of hydrogen-bond donors (Lipinski definition) is 0. The molecule has 0 N–H and O–H groups in total. The highest BCUT2D eigenvalue weighted by molar-refractivity contribution is 5.54. The first-order valence-corrected chi connectivity index (χ1v) is 18.9. The fourth-order valence-electron chi connectivity index (χ4n) is 6.79. The third kappa shape index (κ3) is 29.2. The molecule has 0 amide bonds. The molecule has 0 heterocycles. The van der Waals surface area contributed by atoms with Crippen LogP contribution < -0.4 is 0 Å². The van der Waals surface area contributed by atoms with Gasteiger partial charge in [0.2, 0.25) is 0 Å². The van der Waals surface area contributed by atoms with Gasteiger partial charge < -0.3 is 9.59 Å². The van der Waals surface area contributed by atoms with Crippen molar-refractivity contribution in [2.45, 2.75) is 220 Å². The maximum absolute atomic E-state index is 11.8. The van der Waals surface area contributed by atoms with E-state index in [0.717, 1.165) is 25.7 Å². The van der Waals surface area contributed by atoms with E-state index in [2.05, 4.69) is 27.7 Å². The number of rotatable bonds is 34. The second-order valence-corrected chi connectivity index (χ2v) is 14.4. The summed E-state index contributed by atoms with van der Waals surface area (Å²) in [4.78, 5) is 23.7. The van der Waals surface area contributed by atoms with Gasteiger partial charge in [-0.05, 0) is 31.1 Å². The van der Waals surface area contributed by atoms with Gasteiger partial charge in [0.25, 0.3) is 0 Å². The molecule has 0 aliphatic heterocycles. The van der Waals surface area contributed by atoms with Crippen molar-refractivity contribution in [3.63, 3.8) is 0 Å². The molecule has 0 aliphatic carbocycles. The van der Waals surface area contributed by atoms with E-state index in [9.17, 15) is 9.59 Å². The Labute approximate surface area is 259 Å². The van der Waals surface area contributed by atoms with Crippen LogP contribution in [0.15, 0.2) is 0 Å². The van der Waals surface area contributed by atoms with Gasteiger partial charge in [0, 0.05) is 11.8 Å². The summed E-state index contributed by atoms with van der Waals surface area (Å²) in [5.41, 5.74) is 0.0598. The number of unbranched alkanes of at least 4 members (excludes halogenated alkanes) is 24. The van der Waals surface area contributed by atoms with E-state index in [-0.39, 0.29) is 17.3 Å². The zero-order valence-corrected chi connectivity index (χ0v) is 28.8. The van der Waals surface area contributed by atoms with E-state index in [1.807, 2.05) is 0 Å². The first-order valence-electron chi connectivity index (χ1n) is 18.9. The molecule has 0 rings (SSSR count). The van der Waals surface area contributed by atoms with Crippen LogP contribution in [0.1, 0.15) is 220 Å². The van der Waals surface area contributed by atoms with Gasteiger partial charge in [-0.2, -0.15) is 0 Å². The van der Waals surface area contributed by atoms with Gasteiger partial charge >= 0.3 is 0 Å². The molecule has 0 saturated heterocycles. The van der Waals surface area contributed by atoms with Gasteiger partial charge in [-0.15, -0.1) is 0 Å². The van der Waals surface area contributed by atoms with Gasteiger partial charge in [-0.25, -0.2) is 0 Å². The van der Waals surface area contributed by atoms with Gasteiger partial charge in [-0.1, -0.05) is 195 Å². The van der Waals surface area contributed by atoms with E-state index < -0.39 is 0 Å². The molecule has 2 unspecified atom stereocenters. The Morgan fingerprint density at radius 1 is 0.390 bits per heavy atom. The maximum Gasteiger partial charge on any atom is 0.123 e. The van der Waals surface area contributed by atoms with Crippen molar-refractivity contribution < 1.29 is 9.59 Å². The van der Waals surface area contributed by atoms with Gasteiger partial charge in [0.1, 0.15) is 12.6 Å². The minimum Gasteiger partial charge on any atom is -0.303 e. The number of carbonyl (C=O) groups is 2. The summed E-state index contributed by atoms with van der Waals surface area (Å²) in [5, 5.41) is 0. The molecule has 0 aromatic rings. The third-order valence-electron chi connectivity index (χ3n) is 9.37. The predicted molar refractivity (Wildman–Crippen MR) is 183 cm³/mol. The fraction of sp³-hybridized carbons (Fsp3) is 0.949. The highest BCUT2D eigenvalue weighted by Gasteiger charge is 2.26. The SMILES string of the molecule is CCCCCCCCCCCCCCCC(C=O)CC(C)(C)CC(C=O)CCCCCCCCCCCCCCC. The lowest BCUT2D eigenvalue weighted by atomic mass is 9.74. The minimum absolute atomic E-state index is 0.0598. The van der Waals surface area contributed by atoms with Crippen molar-refractivity contribution in [3.05, 3.63) is 0 Å². The molecular weight excluding hydrogens is 500 g/mol. The summed E-state index contributed by atoms with van der Waals surface area (Å²) in [5.74, 6) is 0.308. The van der Waals surface area contributed by atoms with E-state index in [4.69, 9.17) is 0 Å². The van der Waals surface area contributed by atoms with Gasteiger partial charge in [-0.3, -0.25) is 0 Å². The topological polar surface area (TPSA) is 34.1 Å². The molecule has 2 nitrogen and oxygen atoms in total. The summed E-state index contributed by atoms with van der Waals surface area (Å²) >= 11 is 0. The van der Waals surface area contributed by atoms with Crippen LogP contribution in [0.25, 0.3) is 0 Å². The summed E-state index contributed by atoms with van der Waals surface area (Å²) in [6.45, 7) is 9.11. The maximum atomic E-state index is 11.8. The molecule has 0 saturated carbocycles. The van der Waals surface area contributed by atoms with Crippen LogP contribution in [0, 0.1) is 17.3 Å². The van der Waals surface area contributed by atoms with E-state index >= 15 is 0 Å². The second kappa shape index (κ2) is 30.8. The van der Waals surface area contributed by atoms with Crippen molar-refractivity contribution in [3.8, 4) is 0 Å². The van der Waals surface area contributed by atoms with Crippen LogP contribution in [0.2, 0.25) is 0 Å². The molecule has 0 aromatic carbocycles. The van der Waals surface area contributed by atoms with Crippen LogP contribution in [0.3, 0.4) is 0 Å². The fourth-order valence-corrected chi connectivity index (χ4v) is 6.79. The first-order chi connectivity index (χ1) is 20.0. The zero-order valence-electron chi connectivity index (χ0n) is 28.8. The Morgan fingerprint density at radius 3 is 0.829 bits per heavy atom. The zero-order chi connectivity index (χ0) is 30.3. The van der Waals surface area contributed by atoms with Crippen LogP contribution >= 0.6 is 0 Å². The molecule has 2 heteroatoms. The van der Waals surface area contributed by atoms with E-state index in [0.29, 0.717) is 0 Å². The highest BCUT2D eigenvalue weighted by Crippen LogP contribution is 2.35. The largest absolute Gasteiger partial charge is 0.303 e. The Morgan fingerprint density at radius 2 is 0.610 bits per heavy atom. The third-order valence-corrected chi connectivity index (χ3v) is 9.37. The summed E-state index contributed by atoms with van der Waals surface area (Å²) in [6.07, 6.45) is 41.8. The first kappa shape index (κ1) is 40.3. The highest BCUT2D eigenvalue weighted by atomic mass is 16.1. The molecule has 0 fully saturated rings. The van der Waals surface area contributed by atoms with Crippen molar-refractivity contribution in [2.75, 3.05) is 0 Å². The standard InChI is InChI=1S/C39H76O2/c1-5-7-9-11-13-15-17-19-21-23-25-27-29-31-37(35-40)33-39(3,4)34-38(36-41)32-30-28-26-24-22-20-18-16-14-12-10-8-6-2/h35-38H,5-34H2,1-4H3. The average molecular weight is 577 g/mol. The molecule has 0 radical (unpaired) electrons. The quantitative estimate of drug-likeness (QED) is 0.0564. The molecule has 41 heavy (non-hydrogen) atoms. The van der Waals surface area contributed by atoms with Crippen LogP contribution in [-0.4, -0.2) is 12.6 Å². The smallest absolute Gasteiger partial charge is 0.123 e. The van der Waals surface area contributed by atoms with Crippen molar-refractivity contribution in [1.29, 1.82) is 0 Å². The van der Waals surface area contributed by atoms with E-state index in [1.54, 1.807) is 0 Å². The van der Waals surface area contributed by atoms with Gasteiger partial charge in [0.05, 0.1) is 0 Å². The van der Waals surface area contributed by atoms with Crippen molar-refractivity contribution in [2.24, 2.45) is 17.3 Å². The summed E-state index contributed by atoms with van der Waals surface area (Å²) < 4.78 is 0. The lowest BCUT2D eigenvalue weighted by molar-refractivity contribution is -0.113. The Kier molecular flexibility index (Phi) is 30.3. The number of aldehydes is 2. The second-order valence-electron chi connectivity index (χ2n) is 14.4.